The van der Waals surface area contributed by atoms with Crippen molar-refractivity contribution in [1.29, 1.82) is 0 Å². The minimum Gasteiger partial charge on any atom is -0.388 e. The third-order valence-corrected chi connectivity index (χ3v) is 5.78. The Bertz CT molecular complexity index is 703. The molecule has 3 rings (SSSR count). The predicted octanol–water partition coefficient (Wildman–Crippen LogP) is 0.274. The van der Waals surface area contributed by atoms with Gasteiger partial charge in [0.25, 0.3) is 5.91 Å². The number of carbonyl (C=O) groups is 2. The van der Waals surface area contributed by atoms with Gasteiger partial charge in [-0.3, -0.25) is 14.6 Å². The number of nitrogens with zero attached hydrogens (tertiary/aromatic N) is 3. The van der Waals surface area contributed by atoms with Crippen molar-refractivity contribution in [3.63, 3.8) is 0 Å². The van der Waals surface area contributed by atoms with Crippen molar-refractivity contribution in [1.82, 2.24) is 20.1 Å². The molecule has 1 spiro atoms. The molecule has 8 nitrogen and oxygen atoms in total. The van der Waals surface area contributed by atoms with Gasteiger partial charge in [-0.25, -0.2) is 0 Å². The average molecular weight is 390 g/mol. The van der Waals surface area contributed by atoms with Gasteiger partial charge in [-0.15, -0.1) is 0 Å². The Kier molecular flexibility index (Phi) is 6.02. The van der Waals surface area contributed by atoms with Crippen LogP contribution in [0.3, 0.4) is 0 Å². The lowest BCUT2D eigenvalue weighted by Crippen LogP contribution is -2.69. The Labute approximate surface area is 165 Å². The van der Waals surface area contributed by atoms with Crippen molar-refractivity contribution in [3.8, 4) is 0 Å². The standard InChI is InChI=1S/C20H30N4O4/c1-19(22-16(25)14-23(2)3)9-13-28-20(18(19)27)7-11-24(12-8-20)17(26)15-6-4-5-10-21-15/h4-6,10,18,27H,7-9,11-14H2,1-3H3,(H,22,25)/t18-,19+/m1/s1. The molecule has 0 bridgehead atoms. The lowest BCUT2D eigenvalue weighted by molar-refractivity contribution is -0.205. The number of amides is 2. The van der Waals surface area contributed by atoms with Gasteiger partial charge in [-0.1, -0.05) is 6.07 Å². The van der Waals surface area contributed by atoms with E-state index in [1.165, 1.54) is 0 Å². The van der Waals surface area contributed by atoms with Gasteiger partial charge in [-0.05, 0) is 52.4 Å². The molecule has 2 aliphatic heterocycles. The molecule has 2 N–H and O–H groups in total. The maximum atomic E-state index is 12.6. The SMILES string of the molecule is CN(C)CC(=O)N[C@@]1(C)CCOC2(CCN(C(=O)c3ccccn3)CC2)[C@@H]1O. The van der Waals surface area contributed by atoms with E-state index in [1.54, 1.807) is 34.2 Å². The van der Waals surface area contributed by atoms with Gasteiger partial charge in [0.15, 0.2) is 0 Å². The summed E-state index contributed by atoms with van der Waals surface area (Å²) in [4.78, 5) is 32.6. The van der Waals surface area contributed by atoms with Crippen molar-refractivity contribution in [2.75, 3.05) is 40.3 Å². The first-order chi connectivity index (χ1) is 13.3. The molecule has 28 heavy (non-hydrogen) atoms. The van der Waals surface area contributed by atoms with E-state index in [4.69, 9.17) is 4.74 Å². The van der Waals surface area contributed by atoms with Gasteiger partial charge in [0, 0.05) is 25.9 Å². The van der Waals surface area contributed by atoms with Crippen LogP contribution < -0.4 is 5.32 Å². The molecular weight excluding hydrogens is 360 g/mol. The number of aliphatic hydroxyl groups excluding tert-OH is 1. The zero-order chi connectivity index (χ0) is 20.4. The first kappa shape index (κ1) is 20.7. The van der Waals surface area contributed by atoms with Crippen LogP contribution in [0.2, 0.25) is 0 Å². The molecule has 1 aromatic rings. The molecule has 2 fully saturated rings. The number of hydrogen-bond donors (Lipinski definition) is 2. The summed E-state index contributed by atoms with van der Waals surface area (Å²) in [5, 5.41) is 14.2. The van der Waals surface area contributed by atoms with Gasteiger partial charge in [0.05, 0.1) is 17.7 Å². The molecule has 2 amide bonds. The number of piperidine rings is 1. The van der Waals surface area contributed by atoms with Gasteiger partial charge < -0.3 is 25.0 Å². The van der Waals surface area contributed by atoms with Crippen LogP contribution >= 0.6 is 0 Å². The molecule has 0 saturated carbocycles. The fourth-order valence-electron chi connectivity index (χ4n) is 4.20. The molecule has 154 valence electrons. The molecule has 8 heteroatoms. The van der Waals surface area contributed by atoms with E-state index in [0.717, 1.165) is 0 Å². The summed E-state index contributed by atoms with van der Waals surface area (Å²) in [7, 11) is 3.66. The molecule has 3 heterocycles. The summed E-state index contributed by atoms with van der Waals surface area (Å²) < 4.78 is 6.05. The van der Waals surface area contributed by atoms with Crippen LogP contribution in [0.4, 0.5) is 0 Å². The zero-order valence-corrected chi connectivity index (χ0v) is 16.9. The highest BCUT2D eigenvalue weighted by Gasteiger charge is 2.54. The molecule has 0 radical (unpaired) electrons. The first-order valence-corrected chi connectivity index (χ1v) is 9.74. The highest BCUT2D eigenvalue weighted by Crippen LogP contribution is 2.40. The van der Waals surface area contributed by atoms with Gasteiger partial charge in [0.2, 0.25) is 5.91 Å². The van der Waals surface area contributed by atoms with E-state index in [1.807, 2.05) is 21.0 Å². The third kappa shape index (κ3) is 4.19. The van der Waals surface area contributed by atoms with Crippen LogP contribution in [-0.2, 0) is 9.53 Å². The first-order valence-electron chi connectivity index (χ1n) is 9.74. The van der Waals surface area contributed by atoms with Crippen LogP contribution in [0.1, 0.15) is 36.7 Å². The van der Waals surface area contributed by atoms with Crippen molar-refractivity contribution in [3.05, 3.63) is 30.1 Å². The minimum atomic E-state index is -0.841. The van der Waals surface area contributed by atoms with E-state index < -0.39 is 17.2 Å². The second-order valence-electron chi connectivity index (χ2n) is 8.28. The van der Waals surface area contributed by atoms with Crippen LogP contribution in [0.5, 0.6) is 0 Å². The Balaban J connectivity index is 1.66. The van der Waals surface area contributed by atoms with E-state index >= 15 is 0 Å². The fraction of sp³-hybridized carbons (Fsp3) is 0.650. The fourth-order valence-corrected chi connectivity index (χ4v) is 4.20. The number of nitrogens with one attached hydrogen (secondary N) is 1. The van der Waals surface area contributed by atoms with Crippen LogP contribution in [0.15, 0.2) is 24.4 Å². The lowest BCUT2D eigenvalue weighted by atomic mass is 9.73. The maximum Gasteiger partial charge on any atom is 0.272 e. The largest absolute Gasteiger partial charge is 0.388 e. The van der Waals surface area contributed by atoms with Crippen LogP contribution in [0, 0.1) is 0 Å². The van der Waals surface area contributed by atoms with Gasteiger partial charge in [0.1, 0.15) is 11.8 Å². The molecule has 1 aromatic heterocycles. The van der Waals surface area contributed by atoms with Crippen molar-refractivity contribution in [2.24, 2.45) is 0 Å². The minimum absolute atomic E-state index is 0.109. The molecule has 0 aromatic carbocycles. The smallest absolute Gasteiger partial charge is 0.272 e. The number of hydrogen-bond acceptors (Lipinski definition) is 6. The Hall–Kier alpha value is -2.03. The van der Waals surface area contributed by atoms with Crippen molar-refractivity contribution in [2.45, 2.75) is 43.4 Å². The summed E-state index contributed by atoms with van der Waals surface area (Å²) in [5.74, 6) is -0.228. The molecule has 0 unspecified atom stereocenters. The second kappa shape index (κ2) is 8.14. The number of aromatic nitrogens is 1. The predicted molar refractivity (Wildman–Crippen MR) is 104 cm³/mol. The van der Waals surface area contributed by atoms with E-state index in [0.29, 0.717) is 44.7 Å². The Morgan fingerprint density at radius 3 is 2.64 bits per heavy atom. The van der Waals surface area contributed by atoms with Crippen molar-refractivity contribution >= 4 is 11.8 Å². The number of rotatable bonds is 4. The second-order valence-corrected chi connectivity index (χ2v) is 8.28. The summed E-state index contributed by atoms with van der Waals surface area (Å²) in [6.45, 7) is 3.57. The third-order valence-electron chi connectivity index (χ3n) is 5.78. The molecular formula is C20H30N4O4. The lowest BCUT2D eigenvalue weighted by Gasteiger charge is -2.53. The zero-order valence-electron chi connectivity index (χ0n) is 16.9. The number of pyridine rings is 1. The Morgan fingerprint density at radius 2 is 2.04 bits per heavy atom. The summed E-state index contributed by atoms with van der Waals surface area (Å²) >= 11 is 0. The van der Waals surface area contributed by atoms with Crippen LogP contribution in [0.25, 0.3) is 0 Å². The molecule has 2 aliphatic rings. The highest BCUT2D eigenvalue weighted by atomic mass is 16.5. The average Bonchev–Trinajstić information content (AvgIpc) is 2.66. The summed E-state index contributed by atoms with van der Waals surface area (Å²) in [5.41, 5.74) is -1.08. The number of likely N-dealkylation sites (tertiary alicyclic amines) is 1. The van der Waals surface area contributed by atoms with E-state index in [-0.39, 0.29) is 18.4 Å². The normalized spacial score (nSPS) is 27.0. The number of carbonyl (C=O) groups excluding carboxylic acids is 2. The van der Waals surface area contributed by atoms with E-state index in [9.17, 15) is 14.7 Å². The summed E-state index contributed by atoms with van der Waals surface area (Å²) in [6.07, 6.45) is 2.35. The van der Waals surface area contributed by atoms with Gasteiger partial charge in [-0.2, -0.15) is 0 Å². The van der Waals surface area contributed by atoms with Gasteiger partial charge >= 0.3 is 0 Å². The maximum absolute atomic E-state index is 12.6. The summed E-state index contributed by atoms with van der Waals surface area (Å²) in [6, 6.07) is 5.27. The number of likely N-dealkylation sites (N-methyl/N-ethyl adjacent to an activating group) is 1. The highest BCUT2D eigenvalue weighted by molar-refractivity contribution is 5.92. The topological polar surface area (TPSA) is 95.0 Å². The Morgan fingerprint density at radius 1 is 1.32 bits per heavy atom. The van der Waals surface area contributed by atoms with E-state index in [2.05, 4.69) is 10.3 Å². The quantitative estimate of drug-likeness (QED) is 0.767. The molecule has 2 saturated heterocycles. The van der Waals surface area contributed by atoms with Crippen molar-refractivity contribution < 1.29 is 19.4 Å². The molecule has 2 atom stereocenters. The molecule has 0 aliphatic carbocycles. The monoisotopic (exact) mass is 390 g/mol. The number of ether oxygens (including phenoxy) is 1. The number of aliphatic hydroxyl groups is 1. The van der Waals surface area contributed by atoms with Crippen LogP contribution in [-0.4, -0.2) is 89.3 Å².